The van der Waals surface area contributed by atoms with Crippen LogP contribution in [0, 0.1) is 16.7 Å². The van der Waals surface area contributed by atoms with Gasteiger partial charge in [0, 0.05) is 35.3 Å². The number of nitrogens with zero attached hydrogens (tertiary/aromatic N) is 3. The van der Waals surface area contributed by atoms with Gasteiger partial charge in [-0.25, -0.2) is 8.42 Å². The number of nitriles is 1. The maximum Gasteiger partial charge on any atom is 0.264 e. The highest BCUT2D eigenvalue weighted by Gasteiger charge is 2.43. The van der Waals surface area contributed by atoms with Crippen LogP contribution in [0.4, 0.5) is 0 Å². The van der Waals surface area contributed by atoms with Crippen molar-refractivity contribution in [2.75, 3.05) is 0 Å². The second kappa shape index (κ2) is 3.75. The second-order valence-corrected chi connectivity index (χ2v) is 6.71. The van der Waals surface area contributed by atoms with Gasteiger partial charge in [-0.2, -0.15) is 10.4 Å². The van der Waals surface area contributed by atoms with E-state index in [0.717, 1.165) is 12.8 Å². The van der Waals surface area contributed by atoms with Gasteiger partial charge in [-0.05, 0) is 12.8 Å². The molecule has 0 radical (unpaired) electrons. The summed E-state index contributed by atoms with van der Waals surface area (Å²) in [4.78, 5) is 0.00178. The van der Waals surface area contributed by atoms with Crippen molar-refractivity contribution in [3.05, 3.63) is 12.4 Å². The molecule has 0 unspecified atom stereocenters. The summed E-state index contributed by atoms with van der Waals surface area (Å²) in [5, 5.41) is 12.6. The van der Waals surface area contributed by atoms with Crippen molar-refractivity contribution in [2.24, 2.45) is 5.41 Å². The molecule has 1 aliphatic rings. The van der Waals surface area contributed by atoms with E-state index in [9.17, 15) is 8.42 Å². The van der Waals surface area contributed by atoms with Crippen molar-refractivity contribution in [1.82, 2.24) is 9.78 Å². The Morgan fingerprint density at radius 3 is 2.75 bits per heavy atom. The fourth-order valence-corrected chi connectivity index (χ4v) is 2.30. The van der Waals surface area contributed by atoms with Gasteiger partial charge in [-0.3, -0.25) is 4.68 Å². The van der Waals surface area contributed by atoms with Gasteiger partial charge in [-0.15, -0.1) is 0 Å². The van der Waals surface area contributed by atoms with Crippen LogP contribution in [0.1, 0.15) is 19.3 Å². The molecule has 1 saturated carbocycles. The van der Waals surface area contributed by atoms with Crippen molar-refractivity contribution < 1.29 is 8.42 Å². The number of aromatic nitrogens is 2. The fourth-order valence-electron chi connectivity index (χ4n) is 1.64. The van der Waals surface area contributed by atoms with Gasteiger partial charge in [0.25, 0.3) is 9.05 Å². The summed E-state index contributed by atoms with van der Waals surface area (Å²) >= 11 is 0. The van der Waals surface area contributed by atoms with Crippen LogP contribution in [0.2, 0.25) is 0 Å². The third-order valence-corrected chi connectivity index (χ3v) is 4.11. The smallest absolute Gasteiger partial charge is 0.264 e. The molecule has 0 atom stereocenters. The van der Waals surface area contributed by atoms with Crippen LogP contribution >= 0.6 is 10.7 Å². The van der Waals surface area contributed by atoms with Crippen molar-refractivity contribution >= 4 is 19.7 Å². The lowest BCUT2D eigenvalue weighted by Gasteiger charge is -2.09. The Balaban J connectivity index is 2.13. The van der Waals surface area contributed by atoms with Gasteiger partial charge in [0.1, 0.15) is 4.90 Å². The number of hydrogen-bond donors (Lipinski definition) is 0. The Morgan fingerprint density at radius 2 is 2.31 bits per heavy atom. The zero-order chi connectivity index (χ0) is 11.8. The standard InChI is InChI=1S/C9H10ClN3O2S/c10-16(14,15)8-5-12-13(6-8)7-9(1-2-9)3-4-11/h5-6H,1-3,7H2. The van der Waals surface area contributed by atoms with E-state index >= 15 is 0 Å². The van der Waals surface area contributed by atoms with E-state index in [0.29, 0.717) is 13.0 Å². The predicted molar refractivity (Wildman–Crippen MR) is 57.2 cm³/mol. The van der Waals surface area contributed by atoms with Crippen LogP contribution in [-0.2, 0) is 15.6 Å². The minimum absolute atomic E-state index is 0.00178. The summed E-state index contributed by atoms with van der Waals surface area (Å²) in [7, 11) is 1.48. The molecule has 0 N–H and O–H groups in total. The summed E-state index contributed by atoms with van der Waals surface area (Å²) < 4.78 is 23.6. The maximum absolute atomic E-state index is 11.0. The van der Waals surface area contributed by atoms with E-state index in [1.165, 1.54) is 12.4 Å². The molecule has 1 aromatic rings. The average Bonchev–Trinajstić information content (AvgIpc) is 2.75. The lowest BCUT2D eigenvalue weighted by atomic mass is 10.0. The van der Waals surface area contributed by atoms with Gasteiger partial charge in [0.15, 0.2) is 0 Å². The maximum atomic E-state index is 11.0. The highest BCUT2D eigenvalue weighted by atomic mass is 35.7. The number of rotatable bonds is 4. The van der Waals surface area contributed by atoms with E-state index in [1.54, 1.807) is 4.68 Å². The molecule has 1 aliphatic carbocycles. The normalized spacial score (nSPS) is 18.0. The number of halogens is 1. The number of hydrogen-bond acceptors (Lipinski definition) is 4. The van der Waals surface area contributed by atoms with Crippen LogP contribution in [0.25, 0.3) is 0 Å². The zero-order valence-electron chi connectivity index (χ0n) is 8.43. The Labute approximate surface area is 98.0 Å². The van der Waals surface area contributed by atoms with Crippen LogP contribution < -0.4 is 0 Å². The summed E-state index contributed by atoms with van der Waals surface area (Å²) in [6.45, 7) is 0.576. The van der Waals surface area contributed by atoms with Gasteiger partial charge in [-0.1, -0.05) is 0 Å². The molecule has 0 saturated heterocycles. The molecule has 1 heterocycles. The first-order chi connectivity index (χ1) is 7.45. The highest BCUT2D eigenvalue weighted by molar-refractivity contribution is 8.13. The van der Waals surface area contributed by atoms with Crippen LogP contribution in [-0.4, -0.2) is 18.2 Å². The summed E-state index contributed by atoms with van der Waals surface area (Å²) in [6.07, 6.45) is 5.09. The molecule has 1 fully saturated rings. The van der Waals surface area contributed by atoms with Gasteiger partial charge in [0.05, 0.1) is 12.3 Å². The minimum atomic E-state index is -3.71. The molecule has 7 heteroatoms. The first-order valence-corrected chi connectivity index (χ1v) is 7.10. The minimum Gasteiger partial charge on any atom is -0.271 e. The van der Waals surface area contributed by atoms with Crippen molar-refractivity contribution in [3.63, 3.8) is 0 Å². The summed E-state index contributed by atoms with van der Waals surface area (Å²) in [6, 6.07) is 2.14. The molecule has 2 rings (SSSR count). The van der Waals surface area contributed by atoms with Crippen LogP contribution in [0.3, 0.4) is 0 Å². The van der Waals surface area contributed by atoms with Gasteiger partial charge in [0.2, 0.25) is 0 Å². The molecule has 0 bridgehead atoms. The lowest BCUT2D eigenvalue weighted by molar-refractivity contribution is 0.404. The molecule has 16 heavy (non-hydrogen) atoms. The van der Waals surface area contributed by atoms with Crippen molar-refractivity contribution in [3.8, 4) is 6.07 Å². The van der Waals surface area contributed by atoms with Crippen molar-refractivity contribution in [1.29, 1.82) is 5.26 Å². The molecule has 86 valence electrons. The molecule has 0 aliphatic heterocycles. The molecule has 5 nitrogen and oxygen atoms in total. The molecule has 0 aromatic carbocycles. The van der Waals surface area contributed by atoms with Gasteiger partial charge < -0.3 is 0 Å². The highest BCUT2D eigenvalue weighted by Crippen LogP contribution is 2.49. The first kappa shape index (κ1) is 11.4. The SMILES string of the molecule is N#CCC1(Cn2cc(S(=O)(=O)Cl)cn2)CC1. The molecule has 1 aromatic heterocycles. The van der Waals surface area contributed by atoms with Gasteiger partial charge >= 0.3 is 0 Å². The predicted octanol–water partition coefficient (Wildman–Crippen LogP) is 1.50. The lowest BCUT2D eigenvalue weighted by Crippen LogP contribution is -2.11. The van der Waals surface area contributed by atoms with E-state index in [4.69, 9.17) is 15.9 Å². The Bertz CT molecular complexity index is 539. The van der Waals surface area contributed by atoms with Crippen LogP contribution in [0.15, 0.2) is 17.3 Å². The summed E-state index contributed by atoms with van der Waals surface area (Å²) in [5.74, 6) is 0. The molecular formula is C9H10ClN3O2S. The Hall–Kier alpha value is -1.06. The third-order valence-electron chi connectivity index (χ3n) is 2.80. The average molecular weight is 260 g/mol. The topological polar surface area (TPSA) is 75.8 Å². The first-order valence-electron chi connectivity index (χ1n) is 4.79. The third kappa shape index (κ3) is 2.36. The summed E-state index contributed by atoms with van der Waals surface area (Å²) in [5.41, 5.74) is -0.00584. The molecular weight excluding hydrogens is 250 g/mol. The Kier molecular flexibility index (Phi) is 2.68. The Morgan fingerprint density at radius 1 is 1.62 bits per heavy atom. The molecule has 0 spiro atoms. The molecule has 0 amide bonds. The zero-order valence-corrected chi connectivity index (χ0v) is 10.00. The van der Waals surface area contributed by atoms with E-state index in [1.807, 2.05) is 0 Å². The van der Waals surface area contributed by atoms with E-state index < -0.39 is 9.05 Å². The van der Waals surface area contributed by atoms with E-state index in [2.05, 4.69) is 11.2 Å². The monoisotopic (exact) mass is 259 g/mol. The van der Waals surface area contributed by atoms with Crippen LogP contribution in [0.5, 0.6) is 0 Å². The quantitative estimate of drug-likeness (QED) is 0.768. The fraction of sp³-hybridized carbons (Fsp3) is 0.556. The largest absolute Gasteiger partial charge is 0.271 e. The van der Waals surface area contributed by atoms with Crippen molar-refractivity contribution in [2.45, 2.75) is 30.7 Å². The van der Waals surface area contributed by atoms with E-state index in [-0.39, 0.29) is 10.3 Å². The second-order valence-electron chi connectivity index (χ2n) is 4.15.